The third-order valence-corrected chi connectivity index (χ3v) is 11.9. The van der Waals surface area contributed by atoms with Crippen LogP contribution in [0.4, 0.5) is 0 Å². The fourth-order valence-corrected chi connectivity index (χ4v) is 8.23. The second kappa shape index (κ2) is 28.1. The van der Waals surface area contributed by atoms with E-state index in [9.17, 15) is 29.4 Å². The van der Waals surface area contributed by atoms with E-state index in [2.05, 4.69) is 31.3 Å². The Labute approximate surface area is 422 Å². The van der Waals surface area contributed by atoms with Crippen molar-refractivity contribution in [2.24, 2.45) is 0 Å². The second-order valence-electron chi connectivity index (χ2n) is 17.5. The highest BCUT2D eigenvalue weighted by Crippen LogP contribution is 2.31. The van der Waals surface area contributed by atoms with Crippen LogP contribution in [0.15, 0.2) is 134 Å². The smallest absolute Gasteiger partial charge is 0.326 e. The monoisotopic (exact) mass is 1000 g/mol. The van der Waals surface area contributed by atoms with E-state index in [1.807, 2.05) is 121 Å². The summed E-state index contributed by atoms with van der Waals surface area (Å²) in [5, 5.41) is 41.9. The first-order valence-electron chi connectivity index (χ1n) is 24.2. The molecule has 1 aliphatic heterocycles. The zero-order valence-electron chi connectivity index (χ0n) is 40.6. The molecule has 20 nitrogen and oxygen atoms in total. The van der Waals surface area contributed by atoms with Crippen molar-refractivity contribution in [3.8, 4) is 0 Å². The zero-order chi connectivity index (χ0) is 51.2. The van der Waals surface area contributed by atoms with E-state index in [-0.39, 0.29) is 63.9 Å². The lowest BCUT2D eigenvalue weighted by Gasteiger charge is -2.45. The summed E-state index contributed by atoms with van der Waals surface area (Å²) in [5.74, 6) is -2.99. The zero-order valence-corrected chi connectivity index (χ0v) is 40.6. The molecule has 0 saturated carbocycles. The molecule has 4 N–H and O–H groups in total. The maximum absolute atomic E-state index is 12.8. The van der Waals surface area contributed by atoms with E-state index in [4.69, 9.17) is 28.4 Å². The molecule has 2 amide bonds. The summed E-state index contributed by atoms with van der Waals surface area (Å²) < 4.78 is 41.8. The molecule has 386 valence electrons. The molecule has 3 heterocycles. The molecule has 0 spiro atoms. The Kier molecular flexibility index (Phi) is 20.7. The minimum Gasteiger partial charge on any atom is -0.480 e. The number of rotatable bonds is 30. The molecule has 1 saturated heterocycles. The molecule has 1 aliphatic rings. The van der Waals surface area contributed by atoms with Crippen molar-refractivity contribution in [2.45, 2.75) is 121 Å². The highest BCUT2D eigenvalue weighted by Gasteiger charge is 2.49. The van der Waals surface area contributed by atoms with E-state index in [0.29, 0.717) is 43.9 Å². The molecule has 6 aromatic rings. The summed E-state index contributed by atoms with van der Waals surface area (Å²) in [6, 6.07) is 35.6. The molecule has 20 heteroatoms. The SMILES string of the molecule is CO[C@H]1O[C@H](COCc2ccccc2)[C@H](OCc2ccccc2)[C@H](OCc2cn(CCCC(=O)N[C@@H](Cc3ccccc3)C(=O)O)nn2)[C@H]1OCc1cn(CCCC(=O)N[C@@H](Cc2ccccc2)C(=O)O)nn1. The van der Waals surface area contributed by atoms with E-state index in [0.717, 1.165) is 22.3 Å². The number of aliphatic carboxylic acids is 2. The van der Waals surface area contributed by atoms with Gasteiger partial charge in [0.05, 0.1) is 45.4 Å². The van der Waals surface area contributed by atoms with E-state index < -0.39 is 54.7 Å². The highest BCUT2D eigenvalue weighted by molar-refractivity contribution is 5.84. The van der Waals surface area contributed by atoms with Gasteiger partial charge in [-0.2, -0.15) is 0 Å². The number of carboxylic acid groups (broad SMARTS) is 2. The van der Waals surface area contributed by atoms with Crippen molar-refractivity contribution < 1.29 is 57.8 Å². The van der Waals surface area contributed by atoms with Crippen LogP contribution in [-0.4, -0.2) is 120 Å². The maximum Gasteiger partial charge on any atom is 0.326 e. The van der Waals surface area contributed by atoms with Gasteiger partial charge in [-0.25, -0.2) is 9.59 Å². The fourth-order valence-electron chi connectivity index (χ4n) is 8.23. The van der Waals surface area contributed by atoms with Gasteiger partial charge in [-0.1, -0.05) is 132 Å². The fraction of sp³-hybridized carbons (Fsp3) is 0.396. The number of amides is 2. The van der Waals surface area contributed by atoms with Gasteiger partial charge in [-0.3, -0.25) is 19.0 Å². The number of carbonyl (C=O) groups excluding carboxylic acids is 2. The summed E-state index contributed by atoms with van der Waals surface area (Å²) >= 11 is 0. The van der Waals surface area contributed by atoms with Crippen molar-refractivity contribution in [2.75, 3.05) is 13.7 Å². The lowest BCUT2D eigenvalue weighted by atomic mass is 9.98. The maximum atomic E-state index is 12.8. The Hall–Kier alpha value is -7.20. The van der Waals surface area contributed by atoms with Gasteiger partial charge in [0, 0.05) is 45.9 Å². The Morgan fingerprint density at radius 1 is 0.575 bits per heavy atom. The van der Waals surface area contributed by atoms with Crippen molar-refractivity contribution in [1.29, 1.82) is 0 Å². The Bertz CT molecular complexity index is 2610. The minimum absolute atomic E-state index is 0.0206. The summed E-state index contributed by atoms with van der Waals surface area (Å²) in [6.45, 7) is 1.29. The third kappa shape index (κ3) is 17.2. The van der Waals surface area contributed by atoms with Gasteiger partial charge in [0.25, 0.3) is 0 Å². The summed E-state index contributed by atoms with van der Waals surface area (Å²) in [6.07, 6.45) is 0.559. The summed E-state index contributed by atoms with van der Waals surface area (Å²) in [7, 11) is 1.51. The van der Waals surface area contributed by atoms with Crippen molar-refractivity contribution in [3.05, 3.63) is 167 Å². The van der Waals surface area contributed by atoms with Crippen LogP contribution in [-0.2, 0) is 100.0 Å². The van der Waals surface area contributed by atoms with Crippen LogP contribution >= 0.6 is 0 Å². The number of ether oxygens (including phenoxy) is 6. The first-order chi connectivity index (χ1) is 35.6. The molecule has 7 atom stereocenters. The number of hydrogen-bond donors (Lipinski definition) is 4. The largest absolute Gasteiger partial charge is 0.480 e. The van der Waals surface area contributed by atoms with Crippen LogP contribution in [0.5, 0.6) is 0 Å². The van der Waals surface area contributed by atoms with Gasteiger partial charge in [-0.15, -0.1) is 10.2 Å². The number of aryl methyl sites for hydroxylation is 2. The van der Waals surface area contributed by atoms with Crippen molar-refractivity contribution in [1.82, 2.24) is 40.6 Å². The minimum atomic E-state index is -1.11. The normalized spacial score (nSPS) is 18.4. The molecule has 0 bridgehead atoms. The first-order valence-corrected chi connectivity index (χ1v) is 24.2. The van der Waals surface area contributed by atoms with Crippen molar-refractivity contribution in [3.63, 3.8) is 0 Å². The van der Waals surface area contributed by atoms with E-state index in [1.165, 1.54) is 7.11 Å². The number of nitrogens with one attached hydrogen (secondary N) is 2. The van der Waals surface area contributed by atoms with Gasteiger partial charge in [0.15, 0.2) is 6.29 Å². The number of methoxy groups -OCH3 is 1. The molecule has 73 heavy (non-hydrogen) atoms. The summed E-state index contributed by atoms with van der Waals surface area (Å²) in [5.41, 5.74) is 4.48. The molecule has 0 aliphatic carbocycles. The van der Waals surface area contributed by atoms with Gasteiger partial charge in [0.2, 0.25) is 11.8 Å². The standard InChI is InChI=1S/C53H62N8O12/c1-68-53-50(72-35-42-31-61(59-57-42)27-15-25-47(63)55-44(52(66)67)29-38-18-8-3-9-19-38)49(48(70-33-40-22-12-5-13-23-40)45(73-53)36-69-32-39-20-10-4-11-21-39)71-34-41-30-60(58-56-41)26-14-24-46(62)54-43(51(64)65)28-37-16-6-2-7-17-37/h2-13,16-23,30-31,43-45,48-50,53H,14-15,24-29,32-36H2,1H3,(H,54,62)(H,55,63)(H,64,65)(H,66,67)/t43-,44-,45+,48-,49-,50+,53-/m0/s1. The molecule has 1 fully saturated rings. The lowest BCUT2D eigenvalue weighted by Crippen LogP contribution is -2.61. The molecule has 0 radical (unpaired) electrons. The number of benzene rings is 4. The number of aromatic nitrogens is 6. The number of carboxylic acids is 2. The predicted octanol–water partition coefficient (Wildman–Crippen LogP) is 4.70. The van der Waals surface area contributed by atoms with Crippen LogP contribution in [0.25, 0.3) is 0 Å². The predicted molar refractivity (Wildman–Crippen MR) is 262 cm³/mol. The quantitative estimate of drug-likeness (QED) is 0.0478. The topological polar surface area (TPSA) is 250 Å². The molecule has 4 aromatic carbocycles. The van der Waals surface area contributed by atoms with Gasteiger partial charge >= 0.3 is 11.9 Å². The van der Waals surface area contributed by atoms with Gasteiger partial charge in [0.1, 0.15) is 47.9 Å². The summed E-state index contributed by atoms with van der Waals surface area (Å²) in [4.78, 5) is 49.4. The number of nitrogens with zero attached hydrogens (tertiary/aromatic N) is 6. The lowest BCUT2D eigenvalue weighted by molar-refractivity contribution is -0.323. The second-order valence-corrected chi connectivity index (χ2v) is 17.5. The molecule has 2 aromatic heterocycles. The van der Waals surface area contributed by atoms with E-state index in [1.54, 1.807) is 21.8 Å². The van der Waals surface area contributed by atoms with Crippen LogP contribution < -0.4 is 10.6 Å². The van der Waals surface area contributed by atoms with Gasteiger partial charge in [-0.05, 0) is 35.1 Å². The number of hydrogen-bond acceptors (Lipinski definition) is 14. The van der Waals surface area contributed by atoms with Gasteiger partial charge < -0.3 is 49.3 Å². The highest BCUT2D eigenvalue weighted by atomic mass is 16.7. The number of carbonyl (C=O) groups is 4. The van der Waals surface area contributed by atoms with Crippen molar-refractivity contribution >= 4 is 23.8 Å². The molecule has 7 rings (SSSR count). The van der Waals surface area contributed by atoms with E-state index >= 15 is 0 Å². The first kappa shape index (κ1) is 53.6. The molecular formula is C53H62N8O12. The Balaban J connectivity index is 0.997. The molecule has 0 unspecified atom stereocenters. The average Bonchev–Trinajstić information content (AvgIpc) is 4.07. The Morgan fingerprint density at radius 2 is 1.00 bits per heavy atom. The van der Waals surface area contributed by atoms with Crippen LogP contribution in [0, 0.1) is 0 Å². The average molecular weight is 1000 g/mol. The third-order valence-electron chi connectivity index (χ3n) is 11.9. The van der Waals surface area contributed by atoms with Crippen LogP contribution in [0.1, 0.15) is 59.3 Å². The molecular weight excluding hydrogens is 941 g/mol. The Morgan fingerprint density at radius 3 is 1.45 bits per heavy atom. The van der Waals surface area contributed by atoms with Crippen LogP contribution in [0.2, 0.25) is 0 Å². The van der Waals surface area contributed by atoms with Crippen LogP contribution in [0.3, 0.4) is 0 Å².